The lowest BCUT2D eigenvalue weighted by atomic mass is 10.1. The second-order valence-electron chi connectivity index (χ2n) is 6.92. The smallest absolute Gasteiger partial charge is 0.192 e. The zero-order valence-corrected chi connectivity index (χ0v) is 18.5. The van der Waals surface area contributed by atoms with Gasteiger partial charge in [-0.2, -0.15) is 0 Å². The van der Waals surface area contributed by atoms with E-state index in [-0.39, 0.29) is 19.8 Å². The molecule has 29 heavy (non-hydrogen) atoms. The Labute approximate surface area is 189 Å². The van der Waals surface area contributed by atoms with Crippen LogP contribution in [-0.4, -0.2) is 40.9 Å². The third-order valence-corrected chi connectivity index (χ3v) is 5.79. The predicted octanol–water partition coefficient (Wildman–Crippen LogP) is 4.87. The minimum atomic E-state index is -1.76. The second kappa shape index (κ2) is 9.69. The molecule has 1 aliphatic heterocycles. The van der Waals surface area contributed by atoms with Crippen LogP contribution in [0.5, 0.6) is 0 Å². The third kappa shape index (κ3) is 5.76. The van der Waals surface area contributed by atoms with Gasteiger partial charge in [-0.15, -0.1) is 0 Å². The topological polar surface area (TPSA) is 68.2 Å². The van der Waals surface area contributed by atoms with Gasteiger partial charge < -0.3 is 24.4 Å². The van der Waals surface area contributed by atoms with Gasteiger partial charge in [-0.3, -0.25) is 0 Å². The number of aliphatic hydroxyl groups is 2. The standard InChI is InChI=1S/C20H20Cl4O5/c1-20(26)19(25)18(28-9-12-3-5-14(22)7-16(12)24)17(29-20)10-27-8-11-2-4-13(21)6-15(11)23/h2-7,17-19,25-26H,8-10H2,1H3/t17-,18-,19-,20+/m0/s1. The van der Waals surface area contributed by atoms with Gasteiger partial charge in [0, 0.05) is 20.1 Å². The van der Waals surface area contributed by atoms with Crippen molar-refractivity contribution >= 4 is 46.4 Å². The van der Waals surface area contributed by atoms with Crippen molar-refractivity contribution in [1.82, 2.24) is 0 Å². The molecule has 1 aliphatic rings. The Morgan fingerprint density at radius 3 is 2.07 bits per heavy atom. The van der Waals surface area contributed by atoms with Gasteiger partial charge in [0.25, 0.3) is 0 Å². The van der Waals surface area contributed by atoms with E-state index in [4.69, 9.17) is 60.6 Å². The molecular formula is C20H20Cl4O5. The van der Waals surface area contributed by atoms with Gasteiger partial charge in [0.1, 0.15) is 18.3 Å². The van der Waals surface area contributed by atoms with E-state index in [9.17, 15) is 10.2 Å². The van der Waals surface area contributed by atoms with E-state index >= 15 is 0 Å². The summed E-state index contributed by atoms with van der Waals surface area (Å²) >= 11 is 24.1. The van der Waals surface area contributed by atoms with Crippen molar-refractivity contribution in [3.63, 3.8) is 0 Å². The number of rotatable bonds is 7. The van der Waals surface area contributed by atoms with Crippen molar-refractivity contribution in [3.05, 3.63) is 67.6 Å². The van der Waals surface area contributed by atoms with Gasteiger partial charge in [0.05, 0.1) is 19.8 Å². The highest BCUT2D eigenvalue weighted by Gasteiger charge is 2.51. The molecular weight excluding hydrogens is 462 g/mol. The van der Waals surface area contributed by atoms with Gasteiger partial charge in [-0.25, -0.2) is 0 Å². The van der Waals surface area contributed by atoms with E-state index in [2.05, 4.69) is 0 Å². The van der Waals surface area contributed by atoms with Crippen molar-refractivity contribution < 1.29 is 24.4 Å². The normalized spacial score (nSPS) is 26.8. The quantitative estimate of drug-likeness (QED) is 0.590. The molecule has 1 saturated heterocycles. The SMILES string of the molecule is C[C@@]1(O)O[C@@H](COCc2ccc(Cl)cc2Cl)[C@H](OCc2ccc(Cl)cc2Cl)[C@@H]1O. The number of halogens is 4. The highest BCUT2D eigenvalue weighted by molar-refractivity contribution is 6.35. The van der Waals surface area contributed by atoms with Crippen molar-refractivity contribution in [3.8, 4) is 0 Å². The zero-order chi connectivity index (χ0) is 21.2. The van der Waals surface area contributed by atoms with Gasteiger partial charge in [0.2, 0.25) is 0 Å². The highest BCUT2D eigenvalue weighted by Crippen LogP contribution is 2.33. The fraction of sp³-hybridized carbons (Fsp3) is 0.400. The van der Waals surface area contributed by atoms with Gasteiger partial charge in [0.15, 0.2) is 5.79 Å². The summed E-state index contributed by atoms with van der Waals surface area (Å²) in [7, 11) is 0. The molecule has 0 aliphatic carbocycles. The molecule has 0 spiro atoms. The maximum atomic E-state index is 10.4. The van der Waals surface area contributed by atoms with E-state index in [1.54, 1.807) is 36.4 Å². The molecule has 9 heteroatoms. The van der Waals surface area contributed by atoms with E-state index in [1.807, 2.05) is 0 Å². The molecule has 1 fully saturated rings. The van der Waals surface area contributed by atoms with Crippen LogP contribution in [0.2, 0.25) is 20.1 Å². The Kier molecular flexibility index (Phi) is 7.71. The minimum absolute atomic E-state index is 0.0746. The van der Waals surface area contributed by atoms with Crippen molar-refractivity contribution in [2.45, 2.75) is 44.2 Å². The first-order valence-corrected chi connectivity index (χ1v) is 10.3. The molecule has 0 aromatic heterocycles. The summed E-state index contributed by atoms with van der Waals surface area (Å²) in [5, 5.41) is 22.7. The van der Waals surface area contributed by atoms with Crippen LogP contribution < -0.4 is 0 Å². The largest absolute Gasteiger partial charge is 0.385 e. The first-order chi connectivity index (χ1) is 13.7. The molecule has 0 saturated carbocycles. The minimum Gasteiger partial charge on any atom is -0.385 e. The maximum Gasteiger partial charge on any atom is 0.192 e. The van der Waals surface area contributed by atoms with E-state index < -0.39 is 24.1 Å². The molecule has 2 aromatic carbocycles. The molecule has 0 amide bonds. The van der Waals surface area contributed by atoms with Gasteiger partial charge in [-0.05, 0) is 42.3 Å². The summed E-state index contributed by atoms with van der Waals surface area (Å²) < 4.78 is 17.1. The number of benzene rings is 2. The van der Waals surface area contributed by atoms with Crippen LogP contribution in [0.1, 0.15) is 18.1 Å². The summed E-state index contributed by atoms with van der Waals surface area (Å²) in [5.74, 6) is -1.76. The lowest BCUT2D eigenvalue weighted by molar-refractivity contribution is -0.219. The molecule has 0 unspecified atom stereocenters. The van der Waals surface area contributed by atoms with Gasteiger partial charge in [-0.1, -0.05) is 58.5 Å². The average Bonchev–Trinajstić information content (AvgIpc) is 2.85. The van der Waals surface area contributed by atoms with Crippen LogP contribution in [0.3, 0.4) is 0 Å². The first kappa shape index (κ1) is 23.1. The maximum absolute atomic E-state index is 10.4. The Bertz CT molecular complexity index is 861. The van der Waals surface area contributed by atoms with Crippen molar-refractivity contribution in [1.29, 1.82) is 0 Å². The predicted molar refractivity (Wildman–Crippen MR) is 113 cm³/mol. The molecule has 2 aromatic rings. The summed E-state index contributed by atoms with van der Waals surface area (Å²) in [6.07, 6.45) is -2.78. The fourth-order valence-electron chi connectivity index (χ4n) is 3.03. The molecule has 4 atom stereocenters. The molecule has 3 rings (SSSR count). The Morgan fingerprint density at radius 2 is 1.52 bits per heavy atom. The summed E-state index contributed by atoms with van der Waals surface area (Å²) in [6, 6.07) is 10.1. The molecule has 5 nitrogen and oxygen atoms in total. The fourth-order valence-corrected chi connectivity index (χ4v) is 3.95. The molecule has 0 radical (unpaired) electrons. The van der Waals surface area contributed by atoms with Crippen LogP contribution in [-0.2, 0) is 27.4 Å². The molecule has 158 valence electrons. The number of hydrogen-bond donors (Lipinski definition) is 2. The number of ether oxygens (including phenoxy) is 3. The number of hydrogen-bond acceptors (Lipinski definition) is 5. The van der Waals surface area contributed by atoms with E-state index in [0.29, 0.717) is 25.7 Å². The monoisotopic (exact) mass is 480 g/mol. The molecule has 1 heterocycles. The van der Waals surface area contributed by atoms with Gasteiger partial charge >= 0.3 is 0 Å². The van der Waals surface area contributed by atoms with E-state index in [1.165, 1.54) is 6.92 Å². The van der Waals surface area contributed by atoms with Crippen LogP contribution in [0.25, 0.3) is 0 Å². The summed E-state index contributed by atoms with van der Waals surface area (Å²) in [4.78, 5) is 0. The number of aliphatic hydroxyl groups excluding tert-OH is 1. The zero-order valence-electron chi connectivity index (χ0n) is 15.4. The summed E-state index contributed by atoms with van der Waals surface area (Å²) in [5.41, 5.74) is 1.45. The lowest BCUT2D eigenvalue weighted by Crippen LogP contribution is -2.41. The van der Waals surface area contributed by atoms with Crippen LogP contribution in [0, 0.1) is 0 Å². The van der Waals surface area contributed by atoms with Crippen molar-refractivity contribution in [2.24, 2.45) is 0 Å². The second-order valence-corrected chi connectivity index (χ2v) is 8.61. The Morgan fingerprint density at radius 1 is 0.966 bits per heavy atom. The van der Waals surface area contributed by atoms with Crippen LogP contribution in [0.15, 0.2) is 36.4 Å². The Hall–Kier alpha value is -0.600. The third-order valence-electron chi connectivity index (χ3n) is 4.62. The van der Waals surface area contributed by atoms with Crippen LogP contribution in [0.4, 0.5) is 0 Å². The molecule has 2 N–H and O–H groups in total. The highest BCUT2D eigenvalue weighted by atomic mass is 35.5. The first-order valence-electron chi connectivity index (χ1n) is 8.83. The van der Waals surface area contributed by atoms with Crippen molar-refractivity contribution in [2.75, 3.05) is 6.61 Å². The average molecular weight is 482 g/mol. The van der Waals surface area contributed by atoms with Crippen LogP contribution >= 0.6 is 46.4 Å². The summed E-state index contributed by atoms with van der Waals surface area (Å²) in [6.45, 7) is 1.77. The molecule has 0 bridgehead atoms. The lowest BCUT2D eigenvalue weighted by Gasteiger charge is -2.22. The van der Waals surface area contributed by atoms with E-state index in [0.717, 1.165) is 5.56 Å². The Balaban J connectivity index is 1.62.